The first kappa shape index (κ1) is 14.6. The number of ether oxygens (including phenoxy) is 1. The Labute approximate surface area is 118 Å². The Morgan fingerprint density at radius 1 is 1.20 bits per heavy atom. The predicted octanol–water partition coefficient (Wildman–Crippen LogP) is 3.01. The van der Waals surface area contributed by atoms with Gasteiger partial charge in [-0.2, -0.15) is 0 Å². The maximum Gasteiger partial charge on any atom is 0.307 e. The molecule has 20 heavy (non-hydrogen) atoms. The van der Waals surface area contributed by atoms with Crippen LogP contribution in [0.25, 0.3) is 0 Å². The van der Waals surface area contributed by atoms with Gasteiger partial charge in [0, 0.05) is 0 Å². The summed E-state index contributed by atoms with van der Waals surface area (Å²) >= 11 is 0. The third kappa shape index (κ3) is 4.08. The second-order valence-electron chi connectivity index (χ2n) is 5.34. The van der Waals surface area contributed by atoms with Gasteiger partial charge < -0.3 is 9.84 Å². The van der Waals surface area contributed by atoms with Gasteiger partial charge in [0.1, 0.15) is 6.61 Å². The molecule has 0 saturated heterocycles. The third-order valence-corrected chi connectivity index (χ3v) is 3.92. The molecule has 108 valence electrons. The number of hydrogen-bond acceptors (Lipinski definition) is 3. The molecule has 1 aliphatic rings. The second kappa shape index (κ2) is 7.08. The Hall–Kier alpha value is -1.84. The van der Waals surface area contributed by atoms with Crippen LogP contribution < -0.4 is 0 Å². The largest absolute Gasteiger partial charge is 0.481 e. The number of carboxylic acid groups (broad SMARTS) is 1. The minimum atomic E-state index is -0.881. The van der Waals surface area contributed by atoms with Crippen LogP contribution in [0.3, 0.4) is 0 Å². The molecule has 1 unspecified atom stereocenters. The van der Waals surface area contributed by atoms with E-state index in [0.717, 1.165) is 31.2 Å². The zero-order valence-corrected chi connectivity index (χ0v) is 11.5. The molecule has 1 fully saturated rings. The quantitative estimate of drug-likeness (QED) is 0.811. The van der Waals surface area contributed by atoms with Crippen molar-refractivity contribution >= 4 is 11.9 Å². The van der Waals surface area contributed by atoms with Gasteiger partial charge >= 0.3 is 11.9 Å². The van der Waals surface area contributed by atoms with E-state index in [1.54, 1.807) is 0 Å². The smallest absolute Gasteiger partial charge is 0.307 e. The molecule has 4 nitrogen and oxygen atoms in total. The van der Waals surface area contributed by atoms with E-state index in [4.69, 9.17) is 4.74 Å². The standard InChI is InChI=1S/C16H20O4/c17-15(20-11-12-6-2-1-3-7-12)10-14(16(18)19)13-8-4-5-9-13/h1-3,6-7,13-14H,4-5,8-11H2,(H,18,19). The fourth-order valence-electron chi connectivity index (χ4n) is 2.79. The van der Waals surface area contributed by atoms with Crippen LogP contribution in [0.2, 0.25) is 0 Å². The van der Waals surface area contributed by atoms with Gasteiger partial charge in [0.25, 0.3) is 0 Å². The molecule has 0 aromatic heterocycles. The summed E-state index contributed by atoms with van der Waals surface area (Å²) in [5.74, 6) is -1.78. The Morgan fingerprint density at radius 2 is 1.85 bits per heavy atom. The van der Waals surface area contributed by atoms with Gasteiger partial charge in [0.2, 0.25) is 0 Å². The minimum Gasteiger partial charge on any atom is -0.481 e. The molecule has 4 heteroatoms. The van der Waals surface area contributed by atoms with E-state index in [1.165, 1.54) is 0 Å². The number of rotatable bonds is 6. The molecule has 0 amide bonds. The van der Waals surface area contributed by atoms with Crippen molar-refractivity contribution < 1.29 is 19.4 Å². The summed E-state index contributed by atoms with van der Waals surface area (Å²) in [7, 11) is 0. The highest BCUT2D eigenvalue weighted by molar-refractivity contribution is 5.79. The van der Waals surface area contributed by atoms with E-state index in [9.17, 15) is 14.7 Å². The van der Waals surface area contributed by atoms with Crippen molar-refractivity contribution in [3.63, 3.8) is 0 Å². The maximum atomic E-state index is 11.8. The molecule has 1 N–H and O–H groups in total. The first-order chi connectivity index (χ1) is 9.66. The summed E-state index contributed by atoms with van der Waals surface area (Å²) in [6.07, 6.45) is 3.92. The van der Waals surface area contributed by atoms with Crippen molar-refractivity contribution in [3.05, 3.63) is 35.9 Å². The number of carbonyl (C=O) groups excluding carboxylic acids is 1. The van der Waals surface area contributed by atoms with E-state index in [0.29, 0.717) is 0 Å². The molecule has 1 aromatic rings. The first-order valence-electron chi connectivity index (χ1n) is 7.09. The SMILES string of the molecule is O=C(CC(C(=O)O)C1CCCC1)OCc1ccccc1. The molecule has 0 spiro atoms. The summed E-state index contributed by atoms with van der Waals surface area (Å²) in [5.41, 5.74) is 0.911. The molecule has 0 radical (unpaired) electrons. The van der Waals surface area contributed by atoms with Crippen LogP contribution in [0.5, 0.6) is 0 Å². The molecule has 0 heterocycles. The lowest BCUT2D eigenvalue weighted by Crippen LogP contribution is -2.25. The molecule has 1 atom stereocenters. The molecule has 1 saturated carbocycles. The fourth-order valence-corrected chi connectivity index (χ4v) is 2.79. The van der Waals surface area contributed by atoms with Crippen LogP contribution in [0.1, 0.15) is 37.7 Å². The Kier molecular flexibility index (Phi) is 5.16. The van der Waals surface area contributed by atoms with E-state index >= 15 is 0 Å². The molecular formula is C16H20O4. The van der Waals surface area contributed by atoms with Crippen LogP contribution in [0, 0.1) is 11.8 Å². The Morgan fingerprint density at radius 3 is 2.45 bits per heavy atom. The number of carboxylic acids is 1. The van der Waals surface area contributed by atoms with Gasteiger partial charge in [-0.3, -0.25) is 9.59 Å². The fraction of sp³-hybridized carbons (Fsp3) is 0.500. The second-order valence-corrected chi connectivity index (χ2v) is 5.34. The van der Waals surface area contributed by atoms with E-state index in [-0.39, 0.29) is 18.9 Å². The van der Waals surface area contributed by atoms with Gasteiger partial charge in [-0.1, -0.05) is 43.2 Å². The van der Waals surface area contributed by atoms with Crippen molar-refractivity contribution in [1.29, 1.82) is 0 Å². The zero-order valence-electron chi connectivity index (χ0n) is 11.5. The summed E-state index contributed by atoms with van der Waals surface area (Å²) < 4.78 is 5.17. The van der Waals surface area contributed by atoms with Crippen molar-refractivity contribution in [2.75, 3.05) is 0 Å². The highest BCUT2D eigenvalue weighted by Crippen LogP contribution is 2.33. The van der Waals surface area contributed by atoms with E-state index < -0.39 is 17.9 Å². The topological polar surface area (TPSA) is 63.6 Å². The van der Waals surface area contributed by atoms with Crippen LogP contribution >= 0.6 is 0 Å². The molecule has 0 aliphatic heterocycles. The van der Waals surface area contributed by atoms with Crippen molar-refractivity contribution in [3.8, 4) is 0 Å². The highest BCUT2D eigenvalue weighted by atomic mass is 16.5. The van der Waals surface area contributed by atoms with Gasteiger partial charge in [0.05, 0.1) is 12.3 Å². The van der Waals surface area contributed by atoms with Crippen molar-refractivity contribution in [2.24, 2.45) is 11.8 Å². The van der Waals surface area contributed by atoms with Crippen LogP contribution in [-0.2, 0) is 20.9 Å². The molecule has 1 aliphatic carbocycles. The predicted molar refractivity (Wildman–Crippen MR) is 73.9 cm³/mol. The van der Waals surface area contributed by atoms with Gasteiger partial charge in [0.15, 0.2) is 0 Å². The molecule has 0 bridgehead atoms. The lowest BCUT2D eigenvalue weighted by molar-refractivity contribution is -0.154. The number of hydrogen-bond donors (Lipinski definition) is 1. The third-order valence-electron chi connectivity index (χ3n) is 3.92. The van der Waals surface area contributed by atoms with Crippen molar-refractivity contribution in [2.45, 2.75) is 38.7 Å². The van der Waals surface area contributed by atoms with Gasteiger partial charge in [-0.05, 0) is 24.3 Å². The number of aliphatic carboxylic acids is 1. The number of carbonyl (C=O) groups is 2. The molecular weight excluding hydrogens is 256 g/mol. The Balaban J connectivity index is 1.84. The Bertz CT molecular complexity index is 449. The van der Waals surface area contributed by atoms with E-state index in [2.05, 4.69) is 0 Å². The minimum absolute atomic E-state index is 0.0210. The average molecular weight is 276 g/mol. The van der Waals surface area contributed by atoms with Gasteiger partial charge in [-0.25, -0.2) is 0 Å². The van der Waals surface area contributed by atoms with Crippen LogP contribution in [0.15, 0.2) is 30.3 Å². The summed E-state index contributed by atoms with van der Waals surface area (Å²) in [4.78, 5) is 23.1. The maximum absolute atomic E-state index is 11.8. The number of benzene rings is 1. The van der Waals surface area contributed by atoms with Crippen LogP contribution in [0.4, 0.5) is 0 Å². The first-order valence-corrected chi connectivity index (χ1v) is 7.09. The highest BCUT2D eigenvalue weighted by Gasteiger charge is 2.32. The summed E-state index contributed by atoms with van der Waals surface area (Å²) in [6.45, 7) is 0.205. The lowest BCUT2D eigenvalue weighted by Gasteiger charge is -2.18. The van der Waals surface area contributed by atoms with Crippen molar-refractivity contribution in [1.82, 2.24) is 0 Å². The lowest BCUT2D eigenvalue weighted by atomic mass is 9.88. The molecule has 2 rings (SSSR count). The zero-order chi connectivity index (χ0) is 14.4. The number of esters is 1. The monoisotopic (exact) mass is 276 g/mol. The van der Waals surface area contributed by atoms with Crippen LogP contribution in [-0.4, -0.2) is 17.0 Å². The molecule has 1 aromatic carbocycles. The average Bonchev–Trinajstić information content (AvgIpc) is 2.97. The van der Waals surface area contributed by atoms with Gasteiger partial charge in [-0.15, -0.1) is 0 Å². The normalized spacial score (nSPS) is 16.8. The summed E-state index contributed by atoms with van der Waals surface area (Å²) in [5, 5.41) is 9.26. The van der Waals surface area contributed by atoms with E-state index in [1.807, 2.05) is 30.3 Å². The summed E-state index contributed by atoms with van der Waals surface area (Å²) in [6, 6.07) is 9.40.